The van der Waals surface area contributed by atoms with Crippen molar-refractivity contribution in [2.45, 2.75) is 31.7 Å². The number of benzene rings is 2. The quantitative estimate of drug-likeness (QED) is 0.137. The van der Waals surface area contributed by atoms with Crippen molar-refractivity contribution >= 4 is 51.8 Å². The van der Waals surface area contributed by atoms with E-state index in [0.717, 1.165) is 53.5 Å². The summed E-state index contributed by atoms with van der Waals surface area (Å²) in [7, 11) is 8.26. The molecule has 284 valence electrons. The largest absolute Gasteiger partial charge is 0.481 e. The number of nitrogens with one attached hydrogen (secondary N) is 2. The fourth-order valence-corrected chi connectivity index (χ4v) is 7.72. The summed E-state index contributed by atoms with van der Waals surface area (Å²) >= 11 is 14.2. The number of methoxy groups -OCH3 is 1. The second-order valence-corrected chi connectivity index (χ2v) is 13.9. The van der Waals surface area contributed by atoms with E-state index in [1.165, 1.54) is 17.9 Å². The minimum Gasteiger partial charge on any atom is -0.481 e. The number of hydrogen-bond acceptors (Lipinski definition) is 10. The van der Waals surface area contributed by atoms with E-state index in [1.807, 2.05) is 30.3 Å². The normalized spacial score (nSPS) is 13.7. The lowest BCUT2D eigenvalue weighted by atomic mass is 9.99. The Hall–Kier alpha value is -5.02. The molecule has 0 bridgehead atoms. The van der Waals surface area contributed by atoms with E-state index < -0.39 is 11.2 Å². The number of nitrogens with zero attached hydrogens (tertiary/aromatic N) is 7. The lowest BCUT2D eigenvalue weighted by Crippen LogP contribution is -2.40. The summed E-state index contributed by atoms with van der Waals surface area (Å²) < 4.78 is 8.19. The molecule has 0 saturated carbocycles. The molecule has 1 unspecified atom stereocenters. The fraction of sp³-hybridized carbons (Fsp3) is 0.368. The molecular formula is C38H43Cl2N9O5. The number of unbranched alkanes of at least 4 members (excludes halogenated alkanes) is 1. The smallest absolute Gasteiger partial charge is 0.332 e. The number of amides is 2. The van der Waals surface area contributed by atoms with Gasteiger partial charge in [0.25, 0.3) is 5.56 Å². The van der Waals surface area contributed by atoms with E-state index in [2.05, 4.69) is 38.6 Å². The number of urea groups is 1. The maximum absolute atomic E-state index is 13.1. The Morgan fingerprint density at radius 3 is 2.43 bits per heavy atom. The summed E-state index contributed by atoms with van der Waals surface area (Å²) in [6.07, 6.45) is 4.73. The van der Waals surface area contributed by atoms with E-state index >= 15 is 0 Å². The SMILES string of the molecule is CNC(=O)N(CCO)CCCCN(C)C1CCc2cc(-c3cccc(-c4cccc(Nc5ncnc6c5c(=O)n(C)c(=O)n6C)c4Cl)c3Cl)nc(OC)c21. The summed E-state index contributed by atoms with van der Waals surface area (Å²) in [4.78, 5) is 55.1. The minimum absolute atomic E-state index is 0.0760. The van der Waals surface area contributed by atoms with Crippen LogP contribution in [0.5, 0.6) is 5.88 Å². The summed E-state index contributed by atoms with van der Waals surface area (Å²) in [5, 5.41) is 16.1. The predicted octanol–water partition coefficient (Wildman–Crippen LogP) is 5.15. The number of ether oxygens (including phenoxy) is 1. The average molecular weight is 777 g/mol. The van der Waals surface area contributed by atoms with Gasteiger partial charge in [-0.25, -0.2) is 24.5 Å². The molecular weight excluding hydrogens is 733 g/mol. The molecule has 5 aromatic rings. The number of hydrogen-bond donors (Lipinski definition) is 3. The number of anilines is 2. The first-order chi connectivity index (χ1) is 26.0. The third-order valence-electron chi connectivity index (χ3n) is 9.97. The zero-order chi connectivity index (χ0) is 38.7. The third kappa shape index (κ3) is 7.38. The molecule has 0 radical (unpaired) electrons. The molecule has 0 spiro atoms. The van der Waals surface area contributed by atoms with Crippen LogP contribution in [0.1, 0.15) is 36.4 Å². The van der Waals surface area contributed by atoms with Gasteiger partial charge in [0.15, 0.2) is 5.65 Å². The van der Waals surface area contributed by atoms with Gasteiger partial charge in [0.2, 0.25) is 5.88 Å². The van der Waals surface area contributed by atoms with Gasteiger partial charge < -0.3 is 25.4 Å². The first-order valence-corrected chi connectivity index (χ1v) is 18.4. The number of aryl methyl sites for hydroxylation is 2. The summed E-state index contributed by atoms with van der Waals surface area (Å²) in [6.45, 7) is 1.62. The standard InChI is InChI=1S/C38H43Cl2N9O5/c1-41-37(52)49(18-19-50)17-7-6-16-46(2)28-15-14-22-20-27(45-35(54-5)29(22)28)25-12-8-10-23(31(25)39)24-11-9-13-26(32(24)40)44-33-30-34(43-21-42-33)47(3)38(53)48(4)36(30)51/h8-13,20-21,28,50H,6-7,14-19H2,1-5H3,(H,41,52)(H,42,43,44). The van der Waals surface area contributed by atoms with Crippen LogP contribution in [-0.4, -0.2) is 92.5 Å². The maximum atomic E-state index is 13.1. The molecule has 0 aliphatic heterocycles. The van der Waals surface area contributed by atoms with E-state index in [-0.39, 0.29) is 35.5 Å². The van der Waals surface area contributed by atoms with Gasteiger partial charge in [0.1, 0.15) is 17.5 Å². The van der Waals surface area contributed by atoms with E-state index in [4.69, 9.17) is 32.9 Å². The second-order valence-electron chi connectivity index (χ2n) is 13.2. The molecule has 14 nitrogen and oxygen atoms in total. The molecule has 3 aromatic heterocycles. The molecule has 2 aromatic carbocycles. The van der Waals surface area contributed by atoms with E-state index in [0.29, 0.717) is 51.5 Å². The second kappa shape index (κ2) is 16.6. The number of rotatable bonds is 13. The van der Waals surface area contributed by atoms with Crippen LogP contribution in [-0.2, 0) is 20.5 Å². The van der Waals surface area contributed by atoms with Crippen LogP contribution in [0.3, 0.4) is 0 Å². The molecule has 1 aliphatic carbocycles. The Bertz CT molecular complexity index is 2330. The number of aliphatic hydroxyl groups excluding tert-OH is 1. The maximum Gasteiger partial charge on any atom is 0.332 e. The van der Waals surface area contributed by atoms with Crippen molar-refractivity contribution < 1.29 is 14.6 Å². The number of pyridine rings is 1. The van der Waals surface area contributed by atoms with Gasteiger partial charge in [0.05, 0.1) is 35.1 Å². The molecule has 16 heteroatoms. The Morgan fingerprint density at radius 1 is 1.00 bits per heavy atom. The predicted molar refractivity (Wildman–Crippen MR) is 211 cm³/mol. The summed E-state index contributed by atoms with van der Waals surface area (Å²) in [6, 6.07) is 13.2. The van der Waals surface area contributed by atoms with E-state index in [1.54, 1.807) is 32.2 Å². The topological polar surface area (TPSA) is 160 Å². The molecule has 54 heavy (non-hydrogen) atoms. The lowest BCUT2D eigenvalue weighted by Gasteiger charge is -2.27. The van der Waals surface area contributed by atoms with Crippen molar-refractivity contribution in [3.05, 3.63) is 90.8 Å². The van der Waals surface area contributed by atoms with Crippen molar-refractivity contribution in [2.24, 2.45) is 14.1 Å². The van der Waals surface area contributed by atoms with Crippen molar-refractivity contribution in [1.29, 1.82) is 0 Å². The molecule has 1 aliphatic rings. The number of halogens is 2. The molecule has 1 atom stereocenters. The molecule has 0 saturated heterocycles. The van der Waals surface area contributed by atoms with Gasteiger partial charge in [-0.1, -0.05) is 53.5 Å². The van der Waals surface area contributed by atoms with E-state index in [9.17, 15) is 19.5 Å². The first-order valence-electron chi connectivity index (χ1n) is 17.6. The molecule has 3 N–H and O–H groups in total. The number of aliphatic hydroxyl groups is 1. The van der Waals surface area contributed by atoms with Gasteiger partial charge in [-0.3, -0.25) is 18.8 Å². The third-order valence-corrected chi connectivity index (χ3v) is 10.8. The molecule has 3 heterocycles. The Kier molecular flexibility index (Phi) is 11.9. The monoisotopic (exact) mass is 775 g/mol. The van der Waals surface area contributed by atoms with Gasteiger partial charge >= 0.3 is 11.7 Å². The van der Waals surface area contributed by atoms with Gasteiger partial charge in [-0.15, -0.1) is 0 Å². The Balaban J connectivity index is 1.25. The molecule has 2 amide bonds. The average Bonchev–Trinajstić information content (AvgIpc) is 3.62. The van der Waals surface area contributed by atoms with Crippen molar-refractivity contribution in [3.8, 4) is 28.3 Å². The number of fused-ring (bicyclic) bond motifs is 2. The number of carbonyl (C=O) groups is 1. The summed E-state index contributed by atoms with van der Waals surface area (Å²) in [5.74, 6) is 0.760. The van der Waals surface area contributed by atoms with Crippen LogP contribution in [0.2, 0.25) is 10.0 Å². The zero-order valence-corrected chi connectivity index (χ0v) is 32.3. The first kappa shape index (κ1) is 38.7. The summed E-state index contributed by atoms with van der Waals surface area (Å²) in [5.41, 5.74) is 4.59. The fourth-order valence-electron chi connectivity index (χ4n) is 7.12. The van der Waals surface area contributed by atoms with Crippen molar-refractivity contribution in [1.82, 2.24) is 39.2 Å². The van der Waals surface area contributed by atoms with Crippen LogP contribution < -0.4 is 26.6 Å². The molecule has 0 fully saturated rings. The Labute approximate surface area is 322 Å². The number of aromatic nitrogens is 5. The van der Waals surface area contributed by atoms with Crippen molar-refractivity contribution in [3.63, 3.8) is 0 Å². The van der Waals surface area contributed by atoms with Crippen LogP contribution in [0.25, 0.3) is 33.4 Å². The zero-order valence-electron chi connectivity index (χ0n) is 30.8. The van der Waals surface area contributed by atoms with Crippen LogP contribution in [0.15, 0.2) is 58.4 Å². The highest BCUT2D eigenvalue weighted by Gasteiger charge is 2.31. The van der Waals surface area contributed by atoms with Crippen LogP contribution in [0, 0.1) is 0 Å². The minimum atomic E-state index is -0.532. The van der Waals surface area contributed by atoms with Gasteiger partial charge in [-0.05, 0) is 57.0 Å². The highest BCUT2D eigenvalue weighted by atomic mass is 35.5. The Morgan fingerprint density at radius 2 is 1.70 bits per heavy atom. The number of carbonyl (C=O) groups excluding carboxylic acids is 1. The van der Waals surface area contributed by atoms with Crippen LogP contribution in [0.4, 0.5) is 16.3 Å². The molecule has 6 rings (SSSR count). The van der Waals surface area contributed by atoms with Gasteiger partial charge in [0, 0.05) is 62.5 Å². The lowest BCUT2D eigenvalue weighted by molar-refractivity contribution is 0.175. The van der Waals surface area contributed by atoms with Crippen molar-refractivity contribution in [2.75, 3.05) is 52.8 Å². The highest BCUT2D eigenvalue weighted by Crippen LogP contribution is 2.45. The van der Waals surface area contributed by atoms with Crippen LogP contribution >= 0.6 is 23.2 Å². The highest BCUT2D eigenvalue weighted by molar-refractivity contribution is 6.39. The van der Waals surface area contributed by atoms with Gasteiger partial charge in [-0.2, -0.15) is 0 Å².